The predicted octanol–water partition coefficient (Wildman–Crippen LogP) is 2.33. The number of carboxylic acid groups (broad SMARTS) is 1. The van der Waals surface area contributed by atoms with E-state index in [2.05, 4.69) is 5.32 Å². The number of rotatable bonds is 5. The highest BCUT2D eigenvalue weighted by Crippen LogP contribution is 2.62. The summed E-state index contributed by atoms with van der Waals surface area (Å²) >= 11 is 0. The summed E-state index contributed by atoms with van der Waals surface area (Å²) in [7, 11) is 0. The van der Waals surface area contributed by atoms with Gasteiger partial charge in [0.25, 0.3) is 0 Å². The Hall–Kier alpha value is -1.06. The summed E-state index contributed by atoms with van der Waals surface area (Å²) in [5.74, 6) is -0.493. The molecule has 0 radical (unpaired) electrons. The zero-order valence-electron chi connectivity index (χ0n) is 11.3. The second-order valence-corrected chi connectivity index (χ2v) is 6.59. The molecule has 2 saturated carbocycles. The first-order chi connectivity index (χ1) is 8.35. The third-order valence-corrected chi connectivity index (χ3v) is 4.53. The molecule has 0 aromatic rings. The number of nitrogens with one attached hydrogen (secondary N) is 1. The van der Waals surface area contributed by atoms with E-state index in [9.17, 15) is 9.59 Å². The number of amides is 1. The molecule has 0 aliphatic heterocycles. The maximum Gasteiger partial charge on any atom is 0.303 e. The number of aliphatic carboxylic acids is 1. The molecule has 0 saturated heterocycles. The number of hydrogen-bond donors (Lipinski definition) is 2. The Kier molecular flexibility index (Phi) is 3.39. The van der Waals surface area contributed by atoms with Gasteiger partial charge in [0, 0.05) is 17.9 Å². The molecule has 102 valence electrons. The predicted molar refractivity (Wildman–Crippen MR) is 68.1 cm³/mol. The summed E-state index contributed by atoms with van der Waals surface area (Å²) in [5.41, 5.74) is -0.106. The fraction of sp³-hybridized carbons (Fsp3) is 0.857. The molecule has 4 heteroatoms. The number of carbonyl (C=O) groups is 2. The molecule has 1 spiro atoms. The van der Waals surface area contributed by atoms with Crippen molar-refractivity contribution in [3.8, 4) is 0 Å². The number of carbonyl (C=O) groups excluding carboxylic acids is 1. The van der Waals surface area contributed by atoms with Crippen molar-refractivity contribution >= 4 is 11.9 Å². The molecule has 0 aromatic carbocycles. The van der Waals surface area contributed by atoms with Gasteiger partial charge >= 0.3 is 5.97 Å². The van der Waals surface area contributed by atoms with Gasteiger partial charge in [0.15, 0.2) is 0 Å². The minimum atomic E-state index is -0.809. The lowest BCUT2D eigenvalue weighted by Crippen LogP contribution is -2.45. The van der Waals surface area contributed by atoms with Gasteiger partial charge in [-0.25, -0.2) is 0 Å². The Morgan fingerprint density at radius 3 is 2.50 bits per heavy atom. The van der Waals surface area contributed by atoms with Gasteiger partial charge in [-0.2, -0.15) is 0 Å². The Bertz CT molecular complexity index is 356. The lowest BCUT2D eigenvalue weighted by atomic mass is 9.96. The molecule has 2 fully saturated rings. The van der Waals surface area contributed by atoms with Crippen LogP contribution in [0.25, 0.3) is 0 Å². The standard InChI is InChI=1S/C14H23NO3/c1-13(2,8-5-11(16)17)15-12(18)10-9-14(10)6-3-4-7-14/h10H,3-9H2,1-2H3,(H,15,18)(H,16,17). The second-order valence-electron chi connectivity index (χ2n) is 6.59. The van der Waals surface area contributed by atoms with E-state index in [1.807, 2.05) is 13.8 Å². The molecule has 18 heavy (non-hydrogen) atoms. The summed E-state index contributed by atoms with van der Waals surface area (Å²) in [5, 5.41) is 11.7. The van der Waals surface area contributed by atoms with Crippen LogP contribution in [0.2, 0.25) is 0 Å². The van der Waals surface area contributed by atoms with Crippen molar-refractivity contribution in [3.63, 3.8) is 0 Å². The van der Waals surface area contributed by atoms with Gasteiger partial charge in [-0.05, 0) is 44.9 Å². The normalized spacial score (nSPS) is 25.1. The molecule has 2 aliphatic carbocycles. The third-order valence-electron chi connectivity index (χ3n) is 4.53. The van der Waals surface area contributed by atoms with Crippen LogP contribution >= 0.6 is 0 Å². The van der Waals surface area contributed by atoms with Gasteiger partial charge in [-0.15, -0.1) is 0 Å². The van der Waals surface area contributed by atoms with Crippen LogP contribution in [0.1, 0.15) is 58.8 Å². The molecule has 1 atom stereocenters. The van der Waals surface area contributed by atoms with Crippen molar-refractivity contribution in [1.82, 2.24) is 5.32 Å². The first-order valence-electron chi connectivity index (χ1n) is 6.89. The van der Waals surface area contributed by atoms with E-state index in [0.717, 1.165) is 6.42 Å². The molecule has 0 aromatic heterocycles. The number of hydrogen-bond acceptors (Lipinski definition) is 2. The van der Waals surface area contributed by atoms with Crippen molar-refractivity contribution in [3.05, 3.63) is 0 Å². The van der Waals surface area contributed by atoms with Crippen LogP contribution < -0.4 is 5.32 Å². The van der Waals surface area contributed by atoms with Crippen molar-refractivity contribution < 1.29 is 14.7 Å². The molecule has 2 N–H and O–H groups in total. The maximum absolute atomic E-state index is 12.2. The highest BCUT2D eigenvalue weighted by molar-refractivity contribution is 5.83. The first kappa shape index (κ1) is 13.4. The number of carboxylic acids is 1. The average molecular weight is 253 g/mol. The molecule has 0 bridgehead atoms. The highest BCUT2D eigenvalue weighted by atomic mass is 16.4. The molecular weight excluding hydrogens is 230 g/mol. The van der Waals surface area contributed by atoms with E-state index in [1.165, 1.54) is 25.7 Å². The van der Waals surface area contributed by atoms with Crippen molar-refractivity contribution in [1.29, 1.82) is 0 Å². The molecule has 1 amide bonds. The topological polar surface area (TPSA) is 66.4 Å². The van der Waals surface area contributed by atoms with E-state index in [4.69, 9.17) is 5.11 Å². The van der Waals surface area contributed by atoms with Crippen molar-refractivity contribution in [2.75, 3.05) is 0 Å². The SMILES string of the molecule is CC(C)(CCC(=O)O)NC(=O)C1CC12CCCC2. The zero-order chi connectivity index (χ0) is 13.4. The second kappa shape index (κ2) is 4.56. The molecule has 2 rings (SSSR count). The highest BCUT2D eigenvalue weighted by Gasteiger charge is 2.58. The largest absolute Gasteiger partial charge is 0.481 e. The average Bonchev–Trinajstić information content (AvgIpc) is 2.74. The summed E-state index contributed by atoms with van der Waals surface area (Å²) in [6.45, 7) is 3.80. The summed E-state index contributed by atoms with van der Waals surface area (Å²) in [6.07, 6.45) is 6.52. The van der Waals surface area contributed by atoms with Crippen LogP contribution in [-0.2, 0) is 9.59 Å². The van der Waals surface area contributed by atoms with Crippen LogP contribution in [0.3, 0.4) is 0 Å². The van der Waals surface area contributed by atoms with Gasteiger partial charge in [0.05, 0.1) is 0 Å². The zero-order valence-corrected chi connectivity index (χ0v) is 11.3. The monoisotopic (exact) mass is 253 g/mol. The van der Waals surface area contributed by atoms with E-state index in [-0.39, 0.29) is 18.2 Å². The van der Waals surface area contributed by atoms with Gasteiger partial charge in [0.2, 0.25) is 5.91 Å². The van der Waals surface area contributed by atoms with Gasteiger partial charge in [-0.3, -0.25) is 9.59 Å². The third kappa shape index (κ3) is 2.85. The van der Waals surface area contributed by atoms with E-state index in [0.29, 0.717) is 11.8 Å². The minimum Gasteiger partial charge on any atom is -0.481 e. The maximum atomic E-state index is 12.2. The Balaban J connectivity index is 1.82. The Labute approximate surface area is 108 Å². The van der Waals surface area contributed by atoms with Crippen molar-refractivity contribution in [2.45, 2.75) is 64.3 Å². The van der Waals surface area contributed by atoms with Crippen LogP contribution in [0.4, 0.5) is 0 Å². The fourth-order valence-corrected chi connectivity index (χ4v) is 3.25. The van der Waals surface area contributed by atoms with Crippen LogP contribution in [0.5, 0.6) is 0 Å². The minimum absolute atomic E-state index is 0.100. The summed E-state index contributed by atoms with van der Waals surface area (Å²) < 4.78 is 0. The lowest BCUT2D eigenvalue weighted by Gasteiger charge is -2.26. The molecule has 4 nitrogen and oxygen atoms in total. The fourth-order valence-electron chi connectivity index (χ4n) is 3.25. The quantitative estimate of drug-likeness (QED) is 0.790. The van der Waals surface area contributed by atoms with Gasteiger partial charge < -0.3 is 10.4 Å². The molecular formula is C14H23NO3. The van der Waals surface area contributed by atoms with Crippen molar-refractivity contribution in [2.24, 2.45) is 11.3 Å². The molecule has 0 heterocycles. The summed E-state index contributed by atoms with van der Waals surface area (Å²) in [6, 6.07) is 0. The van der Waals surface area contributed by atoms with Gasteiger partial charge in [-0.1, -0.05) is 12.8 Å². The van der Waals surface area contributed by atoms with Gasteiger partial charge in [0.1, 0.15) is 0 Å². The lowest BCUT2D eigenvalue weighted by molar-refractivity contribution is -0.138. The molecule has 1 unspecified atom stereocenters. The van der Waals surface area contributed by atoms with Crippen LogP contribution in [0.15, 0.2) is 0 Å². The van der Waals surface area contributed by atoms with E-state index >= 15 is 0 Å². The van der Waals surface area contributed by atoms with Crippen LogP contribution in [-0.4, -0.2) is 22.5 Å². The van der Waals surface area contributed by atoms with E-state index in [1.54, 1.807) is 0 Å². The smallest absolute Gasteiger partial charge is 0.303 e. The summed E-state index contributed by atoms with van der Waals surface area (Å²) in [4.78, 5) is 22.7. The van der Waals surface area contributed by atoms with Crippen LogP contribution in [0, 0.1) is 11.3 Å². The Morgan fingerprint density at radius 2 is 1.94 bits per heavy atom. The first-order valence-corrected chi connectivity index (χ1v) is 6.89. The molecule has 2 aliphatic rings. The Morgan fingerprint density at radius 1 is 1.33 bits per heavy atom. The van der Waals surface area contributed by atoms with E-state index < -0.39 is 11.5 Å².